The van der Waals surface area contributed by atoms with Gasteiger partial charge in [-0.25, -0.2) is 0 Å². The Morgan fingerprint density at radius 3 is 2.08 bits per heavy atom. The van der Waals surface area contributed by atoms with Crippen LogP contribution >= 0.6 is 0 Å². The van der Waals surface area contributed by atoms with Crippen molar-refractivity contribution in [2.75, 3.05) is 0 Å². The molecular formula is C35H36SiZr. The van der Waals surface area contributed by atoms with Crippen LogP contribution in [-0.2, 0) is 26.2 Å². The van der Waals surface area contributed by atoms with Crippen molar-refractivity contribution in [1.29, 1.82) is 0 Å². The van der Waals surface area contributed by atoms with Crippen LogP contribution in [0.4, 0.5) is 0 Å². The molecule has 0 nitrogen and oxygen atoms in total. The quantitative estimate of drug-likeness (QED) is 0.138. The molecule has 0 saturated carbocycles. The minimum Gasteiger partial charge on any atom is -0.103 e. The maximum absolute atomic E-state index is 3.91. The second-order valence-corrected chi connectivity index (χ2v) is 15.4. The van der Waals surface area contributed by atoms with Gasteiger partial charge in [0.15, 0.2) is 0 Å². The average Bonchev–Trinajstić information content (AvgIpc) is 3.45. The smallest absolute Gasteiger partial charge is 0.0927 e. The van der Waals surface area contributed by atoms with Crippen molar-refractivity contribution in [3.8, 4) is 11.1 Å². The van der Waals surface area contributed by atoms with E-state index in [-0.39, 0.29) is 26.2 Å². The van der Waals surface area contributed by atoms with E-state index in [0.29, 0.717) is 11.5 Å². The first-order valence-electron chi connectivity index (χ1n) is 13.7. The molecule has 0 aromatic heterocycles. The summed E-state index contributed by atoms with van der Waals surface area (Å²) in [5.41, 5.74) is 8.05. The number of benzene rings is 3. The van der Waals surface area contributed by atoms with Gasteiger partial charge in [-0.3, -0.25) is 0 Å². The Hall–Kier alpha value is -2.28. The summed E-state index contributed by atoms with van der Waals surface area (Å²) in [5, 5.41) is 4.75. The number of hydrogen-bond acceptors (Lipinski definition) is 0. The van der Waals surface area contributed by atoms with E-state index in [9.17, 15) is 0 Å². The summed E-state index contributed by atoms with van der Waals surface area (Å²) in [7, 11) is -2.02. The molecule has 2 atom stereocenters. The molecule has 3 aliphatic rings. The van der Waals surface area contributed by atoms with Crippen LogP contribution in [0.3, 0.4) is 0 Å². The zero-order valence-corrected chi connectivity index (χ0v) is 25.4. The van der Waals surface area contributed by atoms with Gasteiger partial charge in [0.1, 0.15) is 0 Å². The van der Waals surface area contributed by atoms with Gasteiger partial charge < -0.3 is 0 Å². The second kappa shape index (κ2) is 11.2. The molecule has 0 aliphatic heterocycles. The second-order valence-electron chi connectivity index (χ2n) is 10.9. The summed E-state index contributed by atoms with van der Waals surface area (Å²) in [6.45, 7) is 6.64. The zero-order chi connectivity index (χ0) is 24.5. The molecule has 0 N–H and O–H groups in total. The molecule has 6 rings (SSSR count). The standard InChI is InChI=1S/C35H36Si.Zr/c1-3-4-5-6-7-16-25-36(2,34-30-21-12-8-17-26(30)27-18-9-13-22-31(27)34)35-32-23-14-10-19-28(32)29-20-11-15-24-33(29)35;/h3,8-15,17-24,30,35H,1,4-7,16,25H2,2H3;. The molecule has 37 heavy (non-hydrogen) atoms. The van der Waals surface area contributed by atoms with E-state index in [2.05, 4.69) is 116 Å². The molecule has 0 amide bonds. The van der Waals surface area contributed by atoms with E-state index in [0.717, 1.165) is 6.42 Å². The van der Waals surface area contributed by atoms with Crippen molar-refractivity contribution in [2.24, 2.45) is 5.92 Å². The van der Waals surface area contributed by atoms with Gasteiger partial charge in [-0.05, 0) is 51.1 Å². The molecular weight excluding hydrogens is 540 g/mol. The predicted octanol–water partition coefficient (Wildman–Crippen LogP) is 7.85. The van der Waals surface area contributed by atoms with Gasteiger partial charge in [0.05, 0.1) is 8.07 Å². The van der Waals surface area contributed by atoms with Crippen LogP contribution in [-0.4, -0.2) is 8.07 Å². The normalized spacial score (nSPS) is 18.5. The van der Waals surface area contributed by atoms with Gasteiger partial charge in [-0.2, -0.15) is 0 Å². The average molecular weight is 576 g/mol. The van der Waals surface area contributed by atoms with Gasteiger partial charge in [0.25, 0.3) is 0 Å². The summed E-state index contributed by atoms with van der Waals surface area (Å²) in [5.74, 6) is 0.421. The van der Waals surface area contributed by atoms with Crippen molar-refractivity contribution < 1.29 is 26.2 Å². The third kappa shape index (κ3) is 4.51. The molecule has 2 heteroatoms. The number of unbranched alkanes of at least 4 members (excludes halogenated alkanes) is 4. The van der Waals surface area contributed by atoms with Crippen LogP contribution < -0.4 is 10.4 Å². The van der Waals surface area contributed by atoms with Gasteiger partial charge in [-0.15, -0.1) is 6.58 Å². The van der Waals surface area contributed by atoms with Crippen LogP contribution in [0.2, 0.25) is 12.6 Å². The third-order valence-corrected chi connectivity index (χ3v) is 13.9. The van der Waals surface area contributed by atoms with Crippen LogP contribution in [0.1, 0.15) is 48.8 Å². The van der Waals surface area contributed by atoms with E-state index in [1.807, 2.05) is 0 Å². The number of hydrogen-bond donors (Lipinski definition) is 0. The first-order chi connectivity index (χ1) is 17.7. The molecule has 0 heterocycles. The van der Waals surface area contributed by atoms with Crippen LogP contribution in [0.15, 0.2) is 110 Å². The maximum Gasteiger partial charge on any atom is 0.0927 e. The summed E-state index contributed by atoms with van der Waals surface area (Å²) in [4.78, 5) is 0. The molecule has 3 aromatic carbocycles. The van der Waals surface area contributed by atoms with Crippen molar-refractivity contribution in [1.82, 2.24) is 0 Å². The summed E-state index contributed by atoms with van der Waals surface area (Å²) in [6.07, 6.45) is 17.8. The predicted molar refractivity (Wildman–Crippen MR) is 158 cm³/mol. The van der Waals surface area contributed by atoms with Gasteiger partial charge >= 0.3 is 0 Å². The first-order valence-corrected chi connectivity index (χ1v) is 16.5. The first kappa shape index (κ1) is 26.3. The SMILES string of the molecule is C=CCCCCCC[Si](C)(C1=c2ccccc2=C2C=CC=CC21)C1c2ccccc2-c2ccccc21.[Zr]. The van der Waals surface area contributed by atoms with E-state index >= 15 is 0 Å². The Morgan fingerprint density at radius 1 is 0.757 bits per heavy atom. The van der Waals surface area contributed by atoms with Crippen LogP contribution in [0.25, 0.3) is 21.9 Å². The fourth-order valence-electron chi connectivity index (χ4n) is 7.26. The molecule has 0 spiro atoms. The van der Waals surface area contributed by atoms with Crippen molar-refractivity contribution >= 4 is 18.8 Å². The van der Waals surface area contributed by atoms with Crippen LogP contribution in [0, 0.1) is 5.92 Å². The van der Waals surface area contributed by atoms with E-state index in [1.165, 1.54) is 58.9 Å². The third-order valence-electron chi connectivity index (χ3n) is 8.81. The molecule has 0 radical (unpaired) electrons. The summed E-state index contributed by atoms with van der Waals surface area (Å²) < 4.78 is 0. The number of fused-ring (bicyclic) bond motifs is 5. The van der Waals surface area contributed by atoms with Crippen molar-refractivity contribution in [3.63, 3.8) is 0 Å². The Labute approximate surface area is 242 Å². The van der Waals surface area contributed by atoms with Gasteiger partial charge in [-0.1, -0.05) is 140 Å². The maximum atomic E-state index is 3.91. The Bertz CT molecular complexity index is 1450. The number of rotatable bonds is 9. The monoisotopic (exact) mass is 574 g/mol. The Balaban J connectivity index is 0.00000280. The van der Waals surface area contributed by atoms with E-state index in [1.54, 1.807) is 16.3 Å². The molecule has 2 unspecified atom stereocenters. The molecule has 3 aromatic rings. The fourth-order valence-corrected chi connectivity index (χ4v) is 12.8. The molecule has 3 aliphatic carbocycles. The minimum atomic E-state index is -2.02. The molecule has 0 fully saturated rings. The largest absolute Gasteiger partial charge is 0.103 e. The summed E-state index contributed by atoms with van der Waals surface area (Å²) in [6, 6.07) is 29.1. The molecule has 184 valence electrons. The van der Waals surface area contributed by atoms with Gasteiger partial charge in [0.2, 0.25) is 0 Å². The Morgan fingerprint density at radius 2 is 1.38 bits per heavy atom. The number of allylic oxidation sites excluding steroid dienone is 5. The molecule has 0 bridgehead atoms. The van der Waals surface area contributed by atoms with Crippen molar-refractivity contribution in [2.45, 2.75) is 50.2 Å². The topological polar surface area (TPSA) is 0 Å². The van der Waals surface area contributed by atoms with Gasteiger partial charge in [0, 0.05) is 37.7 Å². The van der Waals surface area contributed by atoms with E-state index in [4.69, 9.17) is 0 Å². The minimum absolute atomic E-state index is 0. The summed E-state index contributed by atoms with van der Waals surface area (Å²) >= 11 is 0. The van der Waals surface area contributed by atoms with E-state index < -0.39 is 8.07 Å². The Kier molecular flexibility index (Phi) is 7.99. The molecule has 0 saturated heterocycles. The van der Waals surface area contributed by atoms with Crippen molar-refractivity contribution in [3.05, 3.63) is 131 Å². The van der Waals surface area contributed by atoms with Crippen LogP contribution in [0.5, 0.6) is 0 Å². The zero-order valence-electron chi connectivity index (χ0n) is 21.9. The fraction of sp³-hybridized carbons (Fsp3) is 0.257.